The van der Waals surface area contributed by atoms with Gasteiger partial charge in [-0.2, -0.15) is 0 Å². The lowest BCUT2D eigenvalue weighted by Crippen LogP contribution is -2.35. The van der Waals surface area contributed by atoms with Gasteiger partial charge in [0, 0.05) is 24.9 Å². The van der Waals surface area contributed by atoms with Gasteiger partial charge in [-0.25, -0.2) is 0 Å². The second-order valence-corrected chi connectivity index (χ2v) is 6.03. The third-order valence-corrected chi connectivity index (χ3v) is 4.22. The second kappa shape index (κ2) is 5.19. The number of hydrogen-bond acceptors (Lipinski definition) is 5. The van der Waals surface area contributed by atoms with Gasteiger partial charge >= 0.3 is 0 Å². The topological polar surface area (TPSA) is 60.4 Å². The Balaban J connectivity index is 1.38. The van der Waals surface area contributed by atoms with E-state index in [-0.39, 0.29) is 24.7 Å². The van der Waals surface area contributed by atoms with Gasteiger partial charge in [-0.1, -0.05) is 5.16 Å². The van der Waals surface area contributed by atoms with Crippen LogP contribution < -0.4 is 9.47 Å². The standard InChI is InChI=1S/C16H18N2O4/c1-18(16(19)10-2-3-10)8-12-7-13(17-22-12)11-4-5-14-15(6-11)21-9-20-14/h4-6,10,12H,2-3,7-9H2,1H3/t12-/m1/s1. The van der Waals surface area contributed by atoms with Crippen molar-refractivity contribution in [1.82, 2.24) is 4.90 Å². The molecular formula is C16H18N2O4. The van der Waals surface area contributed by atoms with Crippen LogP contribution in [0.15, 0.2) is 23.4 Å². The molecule has 0 spiro atoms. The van der Waals surface area contributed by atoms with Gasteiger partial charge in [0.1, 0.15) is 0 Å². The van der Waals surface area contributed by atoms with Gasteiger partial charge in [-0.05, 0) is 31.0 Å². The molecule has 4 rings (SSSR count). The molecule has 0 unspecified atom stereocenters. The Kier molecular flexibility index (Phi) is 3.17. The fourth-order valence-electron chi connectivity index (χ4n) is 2.81. The van der Waals surface area contributed by atoms with Crippen LogP contribution in [0.2, 0.25) is 0 Å². The minimum Gasteiger partial charge on any atom is -0.454 e. The zero-order valence-corrected chi connectivity index (χ0v) is 12.4. The van der Waals surface area contributed by atoms with E-state index >= 15 is 0 Å². The van der Waals surface area contributed by atoms with Crippen molar-refractivity contribution in [2.45, 2.75) is 25.4 Å². The lowest BCUT2D eigenvalue weighted by Gasteiger charge is -2.19. The Morgan fingerprint density at radius 1 is 1.32 bits per heavy atom. The van der Waals surface area contributed by atoms with Crippen molar-refractivity contribution in [3.8, 4) is 11.5 Å². The molecule has 0 radical (unpaired) electrons. The van der Waals surface area contributed by atoms with E-state index in [4.69, 9.17) is 14.3 Å². The van der Waals surface area contributed by atoms with Crippen molar-refractivity contribution in [3.63, 3.8) is 0 Å². The fourth-order valence-corrected chi connectivity index (χ4v) is 2.81. The van der Waals surface area contributed by atoms with Crippen LogP contribution in [0.4, 0.5) is 0 Å². The number of ether oxygens (including phenoxy) is 2. The minimum absolute atomic E-state index is 0.0758. The third kappa shape index (κ3) is 2.49. The molecule has 1 saturated carbocycles. The molecule has 0 saturated heterocycles. The summed E-state index contributed by atoms with van der Waals surface area (Å²) in [5, 5.41) is 4.17. The maximum absolute atomic E-state index is 12.0. The molecule has 0 aromatic heterocycles. The number of benzene rings is 1. The number of hydrogen-bond donors (Lipinski definition) is 0. The molecule has 6 nitrogen and oxygen atoms in total. The average Bonchev–Trinajstić information content (AvgIpc) is 3.08. The number of fused-ring (bicyclic) bond motifs is 1. The zero-order valence-electron chi connectivity index (χ0n) is 12.4. The first-order chi connectivity index (χ1) is 10.7. The highest BCUT2D eigenvalue weighted by Gasteiger charge is 2.34. The fraction of sp³-hybridized carbons (Fsp3) is 0.500. The van der Waals surface area contributed by atoms with Gasteiger partial charge in [0.2, 0.25) is 12.7 Å². The molecule has 1 fully saturated rings. The van der Waals surface area contributed by atoms with Crippen LogP contribution in [0, 0.1) is 5.92 Å². The highest BCUT2D eigenvalue weighted by Crippen LogP contribution is 2.34. The molecule has 116 valence electrons. The van der Waals surface area contributed by atoms with Crippen LogP contribution in [0.25, 0.3) is 0 Å². The largest absolute Gasteiger partial charge is 0.454 e. The number of oxime groups is 1. The molecule has 2 aliphatic heterocycles. The molecule has 1 aromatic rings. The van der Waals surface area contributed by atoms with Gasteiger partial charge in [0.15, 0.2) is 17.6 Å². The van der Waals surface area contributed by atoms with Crippen molar-refractivity contribution < 1.29 is 19.1 Å². The summed E-state index contributed by atoms with van der Waals surface area (Å²) in [6.07, 6.45) is 2.66. The van der Waals surface area contributed by atoms with E-state index in [1.54, 1.807) is 4.90 Å². The van der Waals surface area contributed by atoms with Crippen molar-refractivity contribution in [1.29, 1.82) is 0 Å². The molecule has 0 N–H and O–H groups in total. The molecule has 1 aromatic carbocycles. The first-order valence-corrected chi connectivity index (χ1v) is 7.58. The maximum Gasteiger partial charge on any atom is 0.231 e. The molecule has 1 aliphatic carbocycles. The molecule has 0 bridgehead atoms. The van der Waals surface area contributed by atoms with Gasteiger partial charge in [0.05, 0.1) is 12.3 Å². The van der Waals surface area contributed by atoms with Crippen molar-refractivity contribution >= 4 is 11.6 Å². The second-order valence-electron chi connectivity index (χ2n) is 6.03. The molecule has 1 amide bonds. The highest BCUT2D eigenvalue weighted by atomic mass is 16.7. The molecule has 3 aliphatic rings. The smallest absolute Gasteiger partial charge is 0.231 e. The van der Waals surface area contributed by atoms with Gasteiger partial charge < -0.3 is 19.2 Å². The predicted octanol–water partition coefficient (Wildman–Crippen LogP) is 1.78. The average molecular weight is 302 g/mol. The van der Waals surface area contributed by atoms with Crippen molar-refractivity contribution in [2.24, 2.45) is 11.1 Å². The Morgan fingerprint density at radius 2 is 2.14 bits per heavy atom. The van der Waals surface area contributed by atoms with Crippen molar-refractivity contribution in [3.05, 3.63) is 23.8 Å². The van der Waals surface area contributed by atoms with E-state index < -0.39 is 0 Å². The summed E-state index contributed by atoms with van der Waals surface area (Å²) in [4.78, 5) is 19.2. The number of rotatable bonds is 4. The zero-order chi connectivity index (χ0) is 15.1. The van der Waals surface area contributed by atoms with Crippen molar-refractivity contribution in [2.75, 3.05) is 20.4 Å². The van der Waals surface area contributed by atoms with Crippen LogP contribution in [-0.2, 0) is 9.63 Å². The number of likely N-dealkylation sites (N-methyl/N-ethyl adjacent to an activating group) is 1. The lowest BCUT2D eigenvalue weighted by atomic mass is 10.0. The number of carbonyl (C=O) groups excluding carboxylic acids is 1. The molecule has 6 heteroatoms. The summed E-state index contributed by atoms with van der Waals surface area (Å²) in [6, 6.07) is 5.76. The Bertz CT molecular complexity index is 639. The number of nitrogens with zero attached hydrogens (tertiary/aromatic N) is 2. The predicted molar refractivity (Wildman–Crippen MR) is 79.0 cm³/mol. The molecule has 22 heavy (non-hydrogen) atoms. The summed E-state index contributed by atoms with van der Waals surface area (Å²) < 4.78 is 10.7. The van der Waals surface area contributed by atoms with Crippen LogP contribution in [0.1, 0.15) is 24.8 Å². The normalized spacial score (nSPS) is 22.2. The first kappa shape index (κ1) is 13.4. The lowest BCUT2D eigenvalue weighted by molar-refractivity contribution is -0.132. The van der Waals surface area contributed by atoms with Crippen LogP contribution in [-0.4, -0.2) is 43.0 Å². The maximum atomic E-state index is 12.0. The highest BCUT2D eigenvalue weighted by molar-refractivity contribution is 6.01. The van der Waals surface area contributed by atoms with E-state index in [2.05, 4.69) is 5.16 Å². The van der Waals surface area contributed by atoms with E-state index in [9.17, 15) is 4.79 Å². The third-order valence-electron chi connectivity index (χ3n) is 4.22. The Labute approximate surface area is 128 Å². The van der Waals surface area contributed by atoms with E-state index in [0.717, 1.165) is 35.6 Å². The molecule has 1 atom stereocenters. The van der Waals surface area contributed by atoms with E-state index in [0.29, 0.717) is 13.0 Å². The summed E-state index contributed by atoms with van der Waals surface area (Å²) in [5.74, 6) is 1.96. The summed E-state index contributed by atoms with van der Waals surface area (Å²) in [5.41, 5.74) is 1.86. The Morgan fingerprint density at radius 3 is 2.95 bits per heavy atom. The van der Waals surface area contributed by atoms with E-state index in [1.165, 1.54) is 0 Å². The van der Waals surface area contributed by atoms with Gasteiger partial charge in [0.25, 0.3) is 0 Å². The first-order valence-electron chi connectivity index (χ1n) is 7.58. The monoisotopic (exact) mass is 302 g/mol. The number of carbonyl (C=O) groups is 1. The summed E-state index contributed by atoms with van der Waals surface area (Å²) >= 11 is 0. The quantitative estimate of drug-likeness (QED) is 0.850. The van der Waals surface area contributed by atoms with Gasteiger partial charge in [-0.3, -0.25) is 4.79 Å². The summed E-state index contributed by atoms with van der Waals surface area (Å²) in [7, 11) is 1.84. The Hall–Kier alpha value is -2.24. The number of amides is 1. The SMILES string of the molecule is CN(C[C@H]1CC(c2ccc3c(c2)OCO3)=NO1)C(=O)C1CC1. The minimum atomic E-state index is -0.0758. The summed E-state index contributed by atoms with van der Waals surface area (Å²) in [6.45, 7) is 0.839. The van der Waals surface area contributed by atoms with Crippen LogP contribution in [0.5, 0.6) is 11.5 Å². The molecular weight excluding hydrogens is 284 g/mol. The van der Waals surface area contributed by atoms with Crippen LogP contribution in [0.3, 0.4) is 0 Å². The van der Waals surface area contributed by atoms with Crippen LogP contribution >= 0.6 is 0 Å². The van der Waals surface area contributed by atoms with E-state index in [1.807, 2.05) is 25.2 Å². The van der Waals surface area contributed by atoms with Gasteiger partial charge in [-0.15, -0.1) is 0 Å². The molecule has 2 heterocycles.